The summed E-state index contributed by atoms with van der Waals surface area (Å²) in [5.41, 5.74) is -0.638. The second-order valence-electron chi connectivity index (χ2n) is 11.7. The third kappa shape index (κ3) is 7.08. The summed E-state index contributed by atoms with van der Waals surface area (Å²) < 4.78 is 12.1. The van der Waals surface area contributed by atoms with Crippen molar-refractivity contribution >= 4 is 36.7 Å². The first-order valence-corrected chi connectivity index (χ1v) is 15.0. The lowest BCUT2D eigenvalue weighted by atomic mass is 9.96. The Hall–Kier alpha value is -2.97. The second kappa shape index (κ2) is 11.6. The van der Waals surface area contributed by atoms with Gasteiger partial charge in [-0.2, -0.15) is 5.10 Å². The molecule has 7 nitrogen and oxygen atoms in total. The van der Waals surface area contributed by atoms with Crippen LogP contribution in [0.15, 0.2) is 65.8 Å². The number of nitrogens with zero attached hydrogens (tertiary/aromatic N) is 2. The van der Waals surface area contributed by atoms with Crippen molar-refractivity contribution < 1.29 is 19.1 Å². The van der Waals surface area contributed by atoms with E-state index in [0.717, 1.165) is 0 Å². The highest BCUT2D eigenvalue weighted by molar-refractivity contribution is 7.04. The topological polar surface area (TPSA) is 80.2 Å². The summed E-state index contributed by atoms with van der Waals surface area (Å²) >= 11 is 0. The highest BCUT2D eigenvalue weighted by Gasteiger charge is 2.48. The summed E-state index contributed by atoms with van der Waals surface area (Å²) in [5.74, 6) is -0.397. The number of rotatable bonds is 8. The maximum Gasteiger partial charge on any atom is 0.407 e. The molecule has 0 saturated carbocycles. The highest BCUT2D eigenvalue weighted by Crippen LogP contribution is 2.36. The van der Waals surface area contributed by atoms with Crippen LogP contribution in [0.5, 0.6) is 0 Å². The quantitative estimate of drug-likeness (QED) is 0.531. The summed E-state index contributed by atoms with van der Waals surface area (Å²) in [6, 6.07) is 20.7. The van der Waals surface area contributed by atoms with Crippen LogP contribution in [0.3, 0.4) is 0 Å². The number of alkyl carbamates (subject to hydrolysis) is 1. The van der Waals surface area contributed by atoms with Gasteiger partial charge in [-0.15, -0.1) is 0 Å². The third-order valence-electron chi connectivity index (χ3n) is 6.85. The first-order valence-electron chi connectivity index (χ1n) is 12.8. The lowest BCUT2D eigenvalue weighted by Crippen LogP contribution is -2.68. The van der Waals surface area contributed by atoms with E-state index in [1.54, 1.807) is 13.3 Å². The largest absolute Gasteiger partial charge is 0.444 e. The SMILES string of the molecule is CN1N=C[C@H]([C@@H](COC[Si](c2ccccc2)(c2ccccc2)C(C)(C)C)NC(=O)OC(C)(C)C)CC1=O. The Morgan fingerprint density at radius 2 is 1.57 bits per heavy atom. The zero-order valence-corrected chi connectivity index (χ0v) is 24.2. The molecule has 1 aliphatic rings. The molecule has 0 saturated heterocycles. The number of hydrogen-bond donors (Lipinski definition) is 1. The van der Waals surface area contributed by atoms with E-state index in [9.17, 15) is 9.59 Å². The molecule has 1 aliphatic heterocycles. The molecule has 200 valence electrons. The fourth-order valence-electron chi connectivity index (χ4n) is 4.81. The third-order valence-corrected chi connectivity index (χ3v) is 12.7. The number of ether oxygens (including phenoxy) is 2. The molecule has 0 radical (unpaired) electrons. The molecule has 0 bridgehead atoms. The molecule has 0 spiro atoms. The zero-order chi connectivity index (χ0) is 27.3. The molecule has 0 unspecified atom stereocenters. The van der Waals surface area contributed by atoms with Crippen LogP contribution in [0.25, 0.3) is 0 Å². The molecule has 0 aliphatic carbocycles. The second-order valence-corrected chi connectivity index (χ2v) is 16.5. The Labute approximate surface area is 222 Å². The van der Waals surface area contributed by atoms with Gasteiger partial charge < -0.3 is 14.8 Å². The number of hydrogen-bond acceptors (Lipinski definition) is 5. The predicted octanol–water partition coefficient (Wildman–Crippen LogP) is 3.96. The van der Waals surface area contributed by atoms with Crippen LogP contribution in [0.2, 0.25) is 5.04 Å². The van der Waals surface area contributed by atoms with Gasteiger partial charge in [0.1, 0.15) is 13.7 Å². The van der Waals surface area contributed by atoms with Gasteiger partial charge in [-0.25, -0.2) is 9.80 Å². The van der Waals surface area contributed by atoms with E-state index in [1.807, 2.05) is 32.9 Å². The van der Waals surface area contributed by atoms with Crippen LogP contribution in [0.4, 0.5) is 4.79 Å². The van der Waals surface area contributed by atoms with Crippen molar-refractivity contribution in [2.24, 2.45) is 11.0 Å². The molecule has 2 aromatic rings. The predicted molar refractivity (Wildman–Crippen MR) is 151 cm³/mol. The maximum absolute atomic E-state index is 12.7. The van der Waals surface area contributed by atoms with Gasteiger partial charge in [0, 0.05) is 31.8 Å². The van der Waals surface area contributed by atoms with Crippen LogP contribution >= 0.6 is 0 Å². The Bertz CT molecular complexity index is 1040. The van der Waals surface area contributed by atoms with Crippen LogP contribution < -0.4 is 15.7 Å². The summed E-state index contributed by atoms with van der Waals surface area (Å²) in [6.07, 6.45) is 1.94. The summed E-state index contributed by atoms with van der Waals surface area (Å²) in [7, 11) is -0.813. The molecule has 2 aromatic carbocycles. The molecule has 8 heteroatoms. The molecule has 1 heterocycles. The Morgan fingerprint density at radius 1 is 1.03 bits per heavy atom. The summed E-state index contributed by atoms with van der Waals surface area (Å²) in [4.78, 5) is 25.1. The Kier molecular flexibility index (Phi) is 8.97. The first-order chi connectivity index (χ1) is 17.3. The normalized spacial score (nSPS) is 17.4. The van der Waals surface area contributed by atoms with Crippen molar-refractivity contribution in [1.82, 2.24) is 10.3 Å². The van der Waals surface area contributed by atoms with E-state index in [2.05, 4.69) is 79.7 Å². The van der Waals surface area contributed by atoms with Crippen LogP contribution in [-0.4, -0.2) is 62.8 Å². The minimum absolute atomic E-state index is 0.0607. The van der Waals surface area contributed by atoms with Crippen molar-refractivity contribution in [1.29, 1.82) is 0 Å². The average molecular weight is 524 g/mol. The van der Waals surface area contributed by atoms with E-state index < -0.39 is 25.8 Å². The van der Waals surface area contributed by atoms with E-state index in [-0.39, 0.29) is 29.9 Å². The molecule has 1 N–H and O–H groups in total. The van der Waals surface area contributed by atoms with Gasteiger partial charge in [-0.05, 0) is 25.8 Å². The van der Waals surface area contributed by atoms with Crippen molar-refractivity contribution in [3.05, 3.63) is 60.7 Å². The van der Waals surface area contributed by atoms with Crippen LogP contribution in [0, 0.1) is 5.92 Å². The maximum atomic E-state index is 12.7. The monoisotopic (exact) mass is 523 g/mol. The lowest BCUT2D eigenvalue weighted by molar-refractivity contribution is -0.131. The van der Waals surface area contributed by atoms with Gasteiger partial charge in [-0.3, -0.25) is 4.79 Å². The van der Waals surface area contributed by atoms with Crippen molar-refractivity contribution in [3.63, 3.8) is 0 Å². The fraction of sp³-hybridized carbons (Fsp3) is 0.483. The number of hydrazone groups is 1. The van der Waals surface area contributed by atoms with Gasteiger partial charge in [0.2, 0.25) is 5.91 Å². The van der Waals surface area contributed by atoms with Crippen LogP contribution in [0.1, 0.15) is 48.0 Å². The van der Waals surface area contributed by atoms with E-state index in [1.165, 1.54) is 15.4 Å². The van der Waals surface area contributed by atoms with Crippen molar-refractivity contribution in [2.45, 2.75) is 64.6 Å². The molecule has 2 atom stereocenters. The zero-order valence-electron chi connectivity index (χ0n) is 23.2. The van der Waals surface area contributed by atoms with Crippen molar-refractivity contribution in [3.8, 4) is 0 Å². The average Bonchev–Trinajstić information content (AvgIpc) is 2.82. The number of amides is 2. The number of benzene rings is 2. The number of carbonyl (C=O) groups excluding carboxylic acids is 2. The Morgan fingerprint density at radius 3 is 2.03 bits per heavy atom. The number of nitrogens with one attached hydrogen (secondary N) is 1. The fourth-order valence-corrected chi connectivity index (χ4v) is 9.59. The minimum atomic E-state index is -2.44. The van der Waals surface area contributed by atoms with E-state index in [4.69, 9.17) is 9.47 Å². The summed E-state index contributed by atoms with van der Waals surface area (Å²) in [6.45, 7) is 12.5. The molecular formula is C29H41N3O4Si. The molecule has 0 fully saturated rings. The smallest absolute Gasteiger partial charge is 0.407 e. The molecule has 3 rings (SSSR count). The minimum Gasteiger partial charge on any atom is -0.444 e. The number of carbonyl (C=O) groups is 2. The van der Waals surface area contributed by atoms with Crippen LogP contribution in [-0.2, 0) is 14.3 Å². The van der Waals surface area contributed by atoms with Gasteiger partial charge in [0.25, 0.3) is 0 Å². The lowest BCUT2D eigenvalue weighted by Gasteiger charge is -2.44. The standard InChI is InChI=1S/C29H41N3O4Si/c1-28(2,3)36-27(34)31-25(22-18-26(33)32(7)30-19-22)20-35-21-37(29(4,5)6,23-14-10-8-11-15-23)24-16-12-9-13-17-24/h8-17,19,22,25H,18,20-21H2,1-7H3,(H,31,34)/t22-,25-/m1/s1. The van der Waals surface area contributed by atoms with E-state index in [0.29, 0.717) is 6.23 Å². The van der Waals surface area contributed by atoms with E-state index >= 15 is 0 Å². The first kappa shape index (κ1) is 28.6. The van der Waals surface area contributed by atoms with Crippen molar-refractivity contribution in [2.75, 3.05) is 19.9 Å². The highest BCUT2D eigenvalue weighted by atomic mass is 28.3. The van der Waals surface area contributed by atoms with Gasteiger partial charge >= 0.3 is 6.09 Å². The molecule has 2 amide bonds. The summed E-state index contributed by atoms with van der Waals surface area (Å²) in [5, 5.41) is 11.0. The molecular weight excluding hydrogens is 482 g/mol. The van der Waals surface area contributed by atoms with Gasteiger partial charge in [0.05, 0.1) is 12.6 Å². The van der Waals surface area contributed by atoms with Gasteiger partial charge in [0.15, 0.2) is 0 Å². The molecule has 0 aromatic heterocycles. The Balaban J connectivity index is 1.91. The van der Waals surface area contributed by atoms with Gasteiger partial charge in [-0.1, -0.05) is 91.8 Å². The molecule has 37 heavy (non-hydrogen) atoms.